The maximum atomic E-state index is 13.0. The van der Waals surface area contributed by atoms with E-state index in [1.807, 2.05) is 36.4 Å². The minimum absolute atomic E-state index is 0.0252. The molecule has 1 unspecified atom stereocenters. The normalized spacial score (nSPS) is 16.4. The van der Waals surface area contributed by atoms with E-state index in [9.17, 15) is 14.7 Å². The van der Waals surface area contributed by atoms with E-state index in [2.05, 4.69) is 48.7 Å². The number of carboxylic acid groups (broad SMARTS) is 1. The number of hydrogen-bond acceptors (Lipinski definition) is 4. The second-order valence-electron chi connectivity index (χ2n) is 10.8. The lowest BCUT2D eigenvalue weighted by atomic mass is 9.81. The molecule has 7 heteroatoms. The number of aliphatic carboxylic acids is 1. The molecule has 1 heterocycles. The topological polar surface area (TPSA) is 90.9 Å². The van der Waals surface area contributed by atoms with Gasteiger partial charge in [-0.2, -0.15) is 0 Å². The van der Waals surface area contributed by atoms with Crippen molar-refractivity contribution in [2.24, 2.45) is 0 Å². The number of ether oxygens (including phenoxy) is 1. The molecule has 0 spiro atoms. The van der Waals surface area contributed by atoms with Gasteiger partial charge in [-0.3, -0.25) is 9.69 Å². The van der Waals surface area contributed by atoms with Crippen LogP contribution in [-0.4, -0.2) is 50.4 Å². The molecule has 0 radical (unpaired) electrons. The van der Waals surface area contributed by atoms with E-state index in [4.69, 9.17) is 4.74 Å². The zero-order valence-corrected chi connectivity index (χ0v) is 24.7. The van der Waals surface area contributed by atoms with Crippen LogP contribution < -0.4 is 20.3 Å². The quantitative estimate of drug-likeness (QED) is 0.247. The van der Waals surface area contributed by atoms with Gasteiger partial charge in [-0.15, -0.1) is 0 Å². The Hall–Kier alpha value is -3.84. The molecule has 218 valence electrons. The molecule has 7 nitrogen and oxygen atoms in total. The van der Waals surface area contributed by atoms with E-state index in [0.717, 1.165) is 66.8 Å². The summed E-state index contributed by atoms with van der Waals surface area (Å²) in [6.45, 7) is 5.57. The third-order valence-electron chi connectivity index (χ3n) is 7.94. The van der Waals surface area contributed by atoms with Gasteiger partial charge in [0.05, 0.1) is 7.11 Å². The monoisotopic (exact) mass is 557 g/mol. The molecular formula is C34H43N3O4. The Kier molecular flexibility index (Phi) is 10.4. The first kappa shape index (κ1) is 30.1. The molecule has 3 aromatic rings. The van der Waals surface area contributed by atoms with Gasteiger partial charge in [-0.05, 0) is 89.9 Å². The average Bonchev–Trinajstić information content (AvgIpc) is 3.47. The van der Waals surface area contributed by atoms with Gasteiger partial charge in [0.1, 0.15) is 11.8 Å². The lowest BCUT2D eigenvalue weighted by Crippen LogP contribution is -2.38. The van der Waals surface area contributed by atoms with E-state index in [-0.39, 0.29) is 11.9 Å². The molecule has 0 bridgehead atoms. The molecule has 1 fully saturated rings. The Morgan fingerprint density at radius 1 is 0.976 bits per heavy atom. The van der Waals surface area contributed by atoms with Crippen molar-refractivity contribution in [3.8, 4) is 16.9 Å². The minimum Gasteiger partial charge on any atom is -0.497 e. The number of nitrogens with zero attached hydrogens (tertiary/aromatic N) is 1. The molecule has 0 aromatic heterocycles. The summed E-state index contributed by atoms with van der Waals surface area (Å²) in [5.74, 6) is 0.00311. The van der Waals surface area contributed by atoms with Crippen LogP contribution in [0.1, 0.15) is 61.3 Å². The van der Waals surface area contributed by atoms with E-state index in [1.165, 1.54) is 16.7 Å². The second kappa shape index (κ2) is 14.2. The van der Waals surface area contributed by atoms with Gasteiger partial charge in [0.25, 0.3) is 0 Å². The van der Waals surface area contributed by atoms with Crippen LogP contribution in [0.4, 0.5) is 10.5 Å². The number of carbonyl (C=O) groups is 2. The number of methoxy groups -OCH3 is 1. The van der Waals surface area contributed by atoms with E-state index in [0.29, 0.717) is 13.0 Å². The number of rotatable bonds is 12. The third kappa shape index (κ3) is 7.27. The summed E-state index contributed by atoms with van der Waals surface area (Å²) < 4.78 is 5.29. The molecule has 3 aromatic carbocycles. The summed E-state index contributed by atoms with van der Waals surface area (Å²) in [6, 6.07) is 19.7. The van der Waals surface area contributed by atoms with Crippen LogP contribution in [0.2, 0.25) is 0 Å². The zero-order valence-electron chi connectivity index (χ0n) is 24.7. The minimum atomic E-state index is -0.779. The Balaban J connectivity index is 1.56. The van der Waals surface area contributed by atoms with Crippen molar-refractivity contribution in [3.63, 3.8) is 0 Å². The molecule has 41 heavy (non-hydrogen) atoms. The highest BCUT2D eigenvalue weighted by Gasteiger charge is 2.36. The molecule has 0 saturated carbocycles. The highest BCUT2D eigenvalue weighted by atomic mass is 16.5. The van der Waals surface area contributed by atoms with Gasteiger partial charge >= 0.3 is 12.0 Å². The van der Waals surface area contributed by atoms with Crippen molar-refractivity contribution >= 4 is 17.7 Å². The van der Waals surface area contributed by atoms with Crippen molar-refractivity contribution in [2.75, 3.05) is 32.1 Å². The Morgan fingerprint density at radius 2 is 1.68 bits per heavy atom. The highest BCUT2D eigenvalue weighted by molar-refractivity contribution is 5.92. The maximum Gasteiger partial charge on any atom is 0.321 e. The van der Waals surface area contributed by atoms with Gasteiger partial charge in [0.2, 0.25) is 0 Å². The highest BCUT2D eigenvalue weighted by Crippen LogP contribution is 2.38. The summed E-state index contributed by atoms with van der Waals surface area (Å²) in [4.78, 5) is 26.7. The van der Waals surface area contributed by atoms with Crippen LogP contribution in [-0.2, 0) is 24.1 Å². The van der Waals surface area contributed by atoms with Crippen molar-refractivity contribution in [1.29, 1.82) is 0 Å². The first-order valence-electron chi connectivity index (χ1n) is 14.7. The zero-order chi connectivity index (χ0) is 29.4. The number of urea groups is 1. The second-order valence-corrected chi connectivity index (χ2v) is 10.8. The molecule has 0 aliphatic carbocycles. The summed E-state index contributed by atoms with van der Waals surface area (Å²) >= 11 is 0. The number of anilines is 1. The summed E-state index contributed by atoms with van der Waals surface area (Å²) in [7, 11) is 3.43. The van der Waals surface area contributed by atoms with Crippen molar-refractivity contribution < 1.29 is 19.4 Å². The van der Waals surface area contributed by atoms with E-state index < -0.39 is 12.0 Å². The van der Waals surface area contributed by atoms with Crippen LogP contribution in [0.5, 0.6) is 5.75 Å². The van der Waals surface area contributed by atoms with Crippen LogP contribution in [0, 0.1) is 0 Å². The molecule has 1 saturated heterocycles. The lowest BCUT2D eigenvalue weighted by Gasteiger charge is -2.25. The van der Waals surface area contributed by atoms with Crippen molar-refractivity contribution in [2.45, 2.75) is 64.3 Å². The Morgan fingerprint density at radius 3 is 2.34 bits per heavy atom. The molecule has 2 atom stereocenters. The van der Waals surface area contributed by atoms with Gasteiger partial charge in [-0.1, -0.05) is 63.1 Å². The van der Waals surface area contributed by atoms with Gasteiger partial charge in [0, 0.05) is 25.2 Å². The number of carboxylic acids is 1. The molecular weight excluding hydrogens is 514 g/mol. The Labute approximate surface area is 243 Å². The predicted molar refractivity (Wildman–Crippen MR) is 165 cm³/mol. The molecule has 1 aliphatic rings. The van der Waals surface area contributed by atoms with Crippen LogP contribution in [0.3, 0.4) is 0 Å². The fraction of sp³-hybridized carbons (Fsp3) is 0.412. The van der Waals surface area contributed by atoms with Crippen molar-refractivity contribution in [1.82, 2.24) is 10.6 Å². The van der Waals surface area contributed by atoms with E-state index in [1.54, 1.807) is 19.1 Å². The lowest BCUT2D eigenvalue weighted by molar-refractivity contribution is -0.139. The molecule has 3 N–H and O–H groups in total. The first-order chi connectivity index (χ1) is 19.9. The Bertz CT molecular complexity index is 1330. The van der Waals surface area contributed by atoms with Crippen molar-refractivity contribution in [3.05, 3.63) is 82.9 Å². The number of hydrogen-bond donors (Lipinski definition) is 3. The smallest absolute Gasteiger partial charge is 0.321 e. The standard InChI is InChI=1S/C34H43N3O4/c1-5-9-25-20-27(21-26(10-6-2)31(25)30-16-18-35-32(30)33(38)39)24-12-8-13-28(22-24)37(3)34(40)36-17-15-23-11-7-14-29(19-23)41-4/h7-8,11-14,19-22,30,32,35H,5-6,9-10,15-18H2,1-4H3,(H,36,40)(H,38,39)/t30?,32-/m0/s1. The predicted octanol–water partition coefficient (Wildman–Crippen LogP) is 6.19. The SMILES string of the molecule is CCCc1cc(-c2cccc(N(C)C(=O)NCCc3cccc(OC)c3)c2)cc(CCC)c1C1CCN[C@@H]1C(=O)O. The molecule has 1 aliphatic heterocycles. The van der Waals surface area contributed by atoms with Gasteiger partial charge < -0.3 is 20.5 Å². The van der Waals surface area contributed by atoms with Gasteiger partial charge in [-0.25, -0.2) is 4.79 Å². The fourth-order valence-electron chi connectivity index (χ4n) is 5.92. The molecule has 2 amide bonds. The third-order valence-corrected chi connectivity index (χ3v) is 7.94. The number of aryl methyl sites for hydroxylation is 2. The molecule has 4 rings (SSSR count). The average molecular weight is 558 g/mol. The summed E-state index contributed by atoms with van der Waals surface area (Å²) in [5.41, 5.74) is 7.76. The summed E-state index contributed by atoms with van der Waals surface area (Å²) in [5, 5.41) is 16.1. The number of amides is 2. The summed E-state index contributed by atoms with van der Waals surface area (Å²) in [6.07, 6.45) is 5.31. The van der Waals surface area contributed by atoms with Crippen LogP contribution >= 0.6 is 0 Å². The number of benzene rings is 3. The first-order valence-corrected chi connectivity index (χ1v) is 14.7. The maximum absolute atomic E-state index is 13.0. The van der Waals surface area contributed by atoms with E-state index >= 15 is 0 Å². The van der Waals surface area contributed by atoms with Crippen LogP contribution in [0.15, 0.2) is 60.7 Å². The fourth-order valence-corrected chi connectivity index (χ4v) is 5.92. The van der Waals surface area contributed by atoms with Crippen LogP contribution in [0.25, 0.3) is 11.1 Å². The number of nitrogens with one attached hydrogen (secondary N) is 2. The number of carbonyl (C=O) groups excluding carboxylic acids is 1. The van der Waals surface area contributed by atoms with Gasteiger partial charge in [0.15, 0.2) is 0 Å². The largest absolute Gasteiger partial charge is 0.497 e.